The van der Waals surface area contributed by atoms with Gasteiger partial charge in [0.15, 0.2) is 21.2 Å². The van der Waals surface area contributed by atoms with Gasteiger partial charge in [-0.15, -0.1) is 0 Å². The van der Waals surface area contributed by atoms with Gasteiger partial charge in [0.05, 0.1) is 0 Å². The molecule has 0 N–H and O–H groups in total. The Morgan fingerprint density at radius 3 is 2.69 bits per heavy atom. The zero-order valence-corrected chi connectivity index (χ0v) is 9.09. The summed E-state index contributed by atoms with van der Waals surface area (Å²) in [5.41, 5.74) is 1.29. The van der Waals surface area contributed by atoms with Gasteiger partial charge in [0.1, 0.15) is 5.71 Å². The van der Waals surface area contributed by atoms with Crippen molar-refractivity contribution in [2.45, 2.75) is 11.4 Å². The van der Waals surface area contributed by atoms with Crippen LogP contribution in [0.5, 0.6) is 0 Å². The Morgan fingerprint density at radius 2 is 1.94 bits per heavy atom. The van der Waals surface area contributed by atoms with Gasteiger partial charge >= 0.3 is 0 Å². The molecule has 2 atom stereocenters. The van der Waals surface area contributed by atoms with Gasteiger partial charge in [0.25, 0.3) is 0 Å². The Balaban J connectivity index is 2.06. The first-order valence-corrected chi connectivity index (χ1v) is 6.51. The molecule has 0 bridgehead atoms. The van der Waals surface area contributed by atoms with E-state index in [2.05, 4.69) is 5.16 Å². The van der Waals surface area contributed by atoms with E-state index < -0.39 is 21.2 Å². The molecule has 0 saturated carbocycles. The predicted octanol–water partition coefficient (Wildman–Crippen LogP) is 1.10. The van der Waals surface area contributed by atoms with E-state index in [4.69, 9.17) is 4.84 Å². The van der Waals surface area contributed by atoms with Gasteiger partial charge in [-0.25, -0.2) is 8.42 Å². The topological polar surface area (TPSA) is 55.7 Å². The van der Waals surface area contributed by atoms with Crippen molar-refractivity contribution in [1.29, 1.82) is 0 Å². The Labute approximate surface area is 93.1 Å². The van der Waals surface area contributed by atoms with Crippen molar-refractivity contribution in [3.05, 3.63) is 47.4 Å². The maximum absolute atomic E-state index is 11.8. The number of sulfone groups is 1. The van der Waals surface area contributed by atoms with Crippen LogP contribution in [0.4, 0.5) is 0 Å². The maximum Gasteiger partial charge on any atom is 0.184 e. The Morgan fingerprint density at radius 1 is 1.19 bits per heavy atom. The Bertz CT molecular complexity index is 575. The number of nitrogens with zero attached hydrogens (tertiary/aromatic N) is 1. The van der Waals surface area contributed by atoms with Crippen LogP contribution in [0.1, 0.15) is 5.56 Å². The lowest BCUT2D eigenvalue weighted by molar-refractivity contribution is 0.123. The van der Waals surface area contributed by atoms with Gasteiger partial charge < -0.3 is 4.84 Å². The molecule has 0 amide bonds. The molecule has 0 aliphatic carbocycles. The lowest BCUT2D eigenvalue weighted by Crippen LogP contribution is -2.31. The highest BCUT2D eigenvalue weighted by atomic mass is 32.2. The number of benzene rings is 1. The van der Waals surface area contributed by atoms with Crippen LogP contribution in [-0.2, 0) is 14.7 Å². The summed E-state index contributed by atoms with van der Waals surface area (Å²) in [5.74, 6) is 0. The van der Waals surface area contributed by atoms with Crippen LogP contribution in [0.25, 0.3) is 0 Å². The van der Waals surface area contributed by atoms with E-state index in [0.717, 1.165) is 5.56 Å². The first-order chi connectivity index (χ1) is 7.68. The average molecular weight is 235 g/mol. The molecule has 0 spiro atoms. The largest absolute Gasteiger partial charge is 0.386 e. The molecule has 1 aromatic rings. The fourth-order valence-electron chi connectivity index (χ4n) is 1.96. The van der Waals surface area contributed by atoms with E-state index in [1.54, 1.807) is 6.08 Å². The summed E-state index contributed by atoms with van der Waals surface area (Å²) < 4.78 is 23.6. The fraction of sp³-hybridized carbons (Fsp3) is 0.182. The monoisotopic (exact) mass is 235 g/mol. The number of hydrogen-bond donors (Lipinski definition) is 0. The zero-order chi connectivity index (χ0) is 11.2. The quantitative estimate of drug-likeness (QED) is 0.732. The molecule has 0 radical (unpaired) electrons. The van der Waals surface area contributed by atoms with Gasteiger partial charge in [-0.2, -0.15) is 0 Å². The predicted molar refractivity (Wildman–Crippen MR) is 59.7 cm³/mol. The second-order valence-electron chi connectivity index (χ2n) is 3.75. The third-order valence-corrected chi connectivity index (χ3v) is 4.46. The highest BCUT2D eigenvalue weighted by Crippen LogP contribution is 2.29. The lowest BCUT2D eigenvalue weighted by Gasteiger charge is -2.08. The molecule has 5 heteroatoms. The van der Waals surface area contributed by atoms with Crippen molar-refractivity contribution < 1.29 is 13.3 Å². The smallest absolute Gasteiger partial charge is 0.184 e. The van der Waals surface area contributed by atoms with Crippen LogP contribution < -0.4 is 0 Å². The highest BCUT2D eigenvalue weighted by molar-refractivity contribution is 7.96. The Hall–Kier alpha value is -1.62. The van der Waals surface area contributed by atoms with Gasteiger partial charge in [-0.3, -0.25) is 0 Å². The summed E-state index contributed by atoms with van der Waals surface area (Å²) in [4.78, 5) is 5.10. The summed E-state index contributed by atoms with van der Waals surface area (Å²) in [6, 6.07) is 9.23. The second kappa shape index (κ2) is 3.18. The molecule has 2 heterocycles. The summed E-state index contributed by atoms with van der Waals surface area (Å²) in [7, 11) is -3.26. The number of fused-ring (bicyclic) bond motifs is 1. The first kappa shape index (κ1) is 9.59. The summed E-state index contributed by atoms with van der Waals surface area (Å²) in [5, 5.41) is 4.41. The van der Waals surface area contributed by atoms with Crippen molar-refractivity contribution in [3.63, 3.8) is 0 Å². The molecule has 1 aromatic carbocycles. The van der Waals surface area contributed by atoms with Crippen LogP contribution in [0.15, 0.2) is 47.0 Å². The van der Waals surface area contributed by atoms with E-state index in [0.29, 0.717) is 5.71 Å². The maximum atomic E-state index is 11.8. The molecule has 0 fully saturated rings. The van der Waals surface area contributed by atoms with Crippen LogP contribution in [0.3, 0.4) is 0 Å². The zero-order valence-electron chi connectivity index (χ0n) is 8.28. The van der Waals surface area contributed by atoms with Crippen molar-refractivity contribution in [1.82, 2.24) is 0 Å². The van der Waals surface area contributed by atoms with Crippen molar-refractivity contribution in [3.8, 4) is 0 Å². The molecule has 3 rings (SSSR count). The molecule has 4 nitrogen and oxygen atoms in total. The van der Waals surface area contributed by atoms with E-state index in [-0.39, 0.29) is 0 Å². The summed E-state index contributed by atoms with van der Waals surface area (Å²) in [6.45, 7) is 0. The second-order valence-corrected chi connectivity index (χ2v) is 5.71. The third kappa shape index (κ3) is 1.28. The molecule has 0 unspecified atom stereocenters. The summed E-state index contributed by atoms with van der Waals surface area (Å²) in [6.07, 6.45) is 1.08. The molecular weight excluding hydrogens is 226 g/mol. The Kier molecular flexibility index (Phi) is 1.91. The number of rotatable bonds is 1. The normalized spacial score (nSPS) is 29.6. The van der Waals surface area contributed by atoms with E-state index in [1.165, 1.54) is 5.41 Å². The van der Waals surface area contributed by atoms with Crippen LogP contribution in [-0.4, -0.2) is 25.5 Å². The van der Waals surface area contributed by atoms with Crippen LogP contribution in [0, 0.1) is 0 Å². The van der Waals surface area contributed by atoms with Crippen LogP contribution >= 0.6 is 0 Å². The van der Waals surface area contributed by atoms with Crippen molar-refractivity contribution in [2.75, 3.05) is 0 Å². The van der Waals surface area contributed by atoms with Gasteiger partial charge in [0, 0.05) is 11.0 Å². The average Bonchev–Trinajstić information content (AvgIpc) is 2.82. The van der Waals surface area contributed by atoms with Gasteiger partial charge in [-0.1, -0.05) is 35.5 Å². The highest BCUT2D eigenvalue weighted by Gasteiger charge is 2.46. The SMILES string of the molecule is O=S1(=O)C=C[C@@H]2ON=C(c3ccccc3)[C@H]21. The van der Waals surface area contributed by atoms with E-state index >= 15 is 0 Å². The van der Waals surface area contributed by atoms with Crippen molar-refractivity contribution in [2.24, 2.45) is 5.16 Å². The van der Waals surface area contributed by atoms with Gasteiger partial charge in [-0.05, 0) is 6.08 Å². The minimum atomic E-state index is -3.26. The van der Waals surface area contributed by atoms with E-state index in [1.807, 2.05) is 30.3 Å². The molecule has 0 aromatic heterocycles. The molecule has 0 saturated heterocycles. The van der Waals surface area contributed by atoms with Crippen LogP contribution in [0.2, 0.25) is 0 Å². The van der Waals surface area contributed by atoms with E-state index in [9.17, 15) is 8.42 Å². The third-order valence-electron chi connectivity index (χ3n) is 2.72. The molecule has 16 heavy (non-hydrogen) atoms. The molecular formula is C11H9NO3S. The first-order valence-electron chi connectivity index (χ1n) is 4.90. The van der Waals surface area contributed by atoms with Gasteiger partial charge in [0.2, 0.25) is 0 Å². The lowest BCUT2D eigenvalue weighted by atomic mass is 10.1. The molecule has 2 aliphatic rings. The minimum absolute atomic E-state index is 0.458. The molecule has 82 valence electrons. The minimum Gasteiger partial charge on any atom is -0.386 e. The number of hydrogen-bond acceptors (Lipinski definition) is 4. The number of oxime groups is 1. The standard InChI is InChI=1S/C11H9NO3S/c13-16(14)7-6-9-11(16)10(12-15-9)8-4-2-1-3-5-8/h1-7,9,11H/t9-,11-/m0/s1. The fourth-order valence-corrected chi connectivity index (χ4v) is 3.50. The summed E-state index contributed by atoms with van der Waals surface area (Å²) >= 11 is 0. The molecule has 2 aliphatic heterocycles. The van der Waals surface area contributed by atoms with Crippen molar-refractivity contribution >= 4 is 15.5 Å².